The van der Waals surface area contributed by atoms with Crippen LogP contribution in [0.15, 0.2) is 23.3 Å². The Labute approximate surface area is 153 Å². The van der Waals surface area contributed by atoms with Crippen LogP contribution in [0.1, 0.15) is 50.0 Å². The summed E-state index contributed by atoms with van der Waals surface area (Å²) in [6.07, 6.45) is 12.3. The highest BCUT2D eigenvalue weighted by Crippen LogP contribution is 2.49. The van der Waals surface area contributed by atoms with E-state index in [2.05, 4.69) is 47.1 Å². The lowest BCUT2D eigenvalue weighted by atomic mass is 9.80. The quantitative estimate of drug-likeness (QED) is 0.777. The van der Waals surface area contributed by atoms with Crippen molar-refractivity contribution in [3.05, 3.63) is 24.6 Å². The molecule has 2 aromatic heterocycles. The van der Waals surface area contributed by atoms with Crippen molar-refractivity contribution in [1.82, 2.24) is 25.0 Å². The number of nitrogens with one attached hydrogen (secondary N) is 1. The van der Waals surface area contributed by atoms with Crippen LogP contribution in [0.25, 0.3) is 11.5 Å². The molecule has 0 saturated heterocycles. The SMILES string of the molecule is BrC1CCCC2C1C1NC=CN1c1c(-c3noc(C4CC4)n3)ncn12. The van der Waals surface area contributed by atoms with Crippen LogP contribution < -0.4 is 10.2 Å². The first kappa shape index (κ1) is 14.4. The molecule has 0 aromatic carbocycles. The summed E-state index contributed by atoms with van der Waals surface area (Å²) >= 11 is 3.93. The van der Waals surface area contributed by atoms with E-state index in [0.717, 1.165) is 30.2 Å². The lowest BCUT2D eigenvalue weighted by Crippen LogP contribution is -2.54. The Morgan fingerprint density at radius 2 is 2.16 bits per heavy atom. The summed E-state index contributed by atoms with van der Waals surface area (Å²) in [5.74, 6) is 3.41. The lowest BCUT2D eigenvalue weighted by Gasteiger charge is -2.47. The number of halogens is 1. The van der Waals surface area contributed by atoms with Gasteiger partial charge in [-0.15, -0.1) is 0 Å². The van der Waals surface area contributed by atoms with Crippen molar-refractivity contribution in [2.24, 2.45) is 5.92 Å². The molecule has 2 fully saturated rings. The minimum Gasteiger partial charge on any atom is -0.369 e. The lowest BCUT2D eigenvalue weighted by molar-refractivity contribution is 0.189. The molecule has 4 atom stereocenters. The number of anilines is 1. The number of hydrogen-bond acceptors (Lipinski definition) is 6. The molecule has 1 N–H and O–H groups in total. The monoisotopic (exact) mass is 402 g/mol. The summed E-state index contributed by atoms with van der Waals surface area (Å²) in [6, 6.07) is 0.442. The number of nitrogens with zero attached hydrogens (tertiary/aromatic N) is 5. The average molecular weight is 403 g/mol. The third-order valence-corrected chi connectivity index (χ3v) is 7.03. The molecule has 2 aromatic rings. The van der Waals surface area contributed by atoms with Crippen molar-refractivity contribution in [2.75, 3.05) is 4.90 Å². The first-order chi connectivity index (χ1) is 12.3. The van der Waals surface area contributed by atoms with E-state index in [4.69, 9.17) is 9.51 Å². The van der Waals surface area contributed by atoms with Crippen molar-refractivity contribution < 1.29 is 4.52 Å². The normalized spacial score (nSPS) is 32.9. The second-order valence-electron chi connectivity index (χ2n) is 7.48. The predicted molar refractivity (Wildman–Crippen MR) is 95.1 cm³/mol. The first-order valence-corrected chi connectivity index (χ1v) is 9.99. The highest BCUT2D eigenvalue weighted by atomic mass is 79.9. The molecule has 25 heavy (non-hydrogen) atoms. The molecule has 8 heteroatoms. The van der Waals surface area contributed by atoms with Gasteiger partial charge in [0.05, 0.1) is 6.33 Å². The van der Waals surface area contributed by atoms with Crippen LogP contribution in [0.4, 0.5) is 5.82 Å². The van der Waals surface area contributed by atoms with E-state index in [1.165, 1.54) is 19.3 Å². The number of rotatable bonds is 2. The van der Waals surface area contributed by atoms with Gasteiger partial charge in [0.1, 0.15) is 12.0 Å². The van der Waals surface area contributed by atoms with Crippen LogP contribution in [-0.2, 0) is 0 Å². The van der Waals surface area contributed by atoms with Gasteiger partial charge in [0.15, 0.2) is 5.69 Å². The first-order valence-electron chi connectivity index (χ1n) is 9.07. The van der Waals surface area contributed by atoms with Gasteiger partial charge in [-0.2, -0.15) is 4.98 Å². The topological polar surface area (TPSA) is 72.0 Å². The molecule has 7 nitrogen and oxygen atoms in total. The third-order valence-electron chi connectivity index (χ3n) is 5.96. The van der Waals surface area contributed by atoms with E-state index in [1.54, 1.807) is 0 Å². The fourth-order valence-corrected chi connectivity index (χ4v) is 5.58. The van der Waals surface area contributed by atoms with Crippen molar-refractivity contribution in [3.63, 3.8) is 0 Å². The Morgan fingerprint density at radius 1 is 1.24 bits per heavy atom. The molecule has 130 valence electrons. The number of fused-ring (bicyclic) bond motifs is 6. The molecule has 2 aliphatic heterocycles. The molecular formula is C17H19BrN6O. The van der Waals surface area contributed by atoms with Crippen LogP contribution in [0.5, 0.6) is 0 Å². The molecular weight excluding hydrogens is 384 g/mol. The summed E-state index contributed by atoms with van der Waals surface area (Å²) < 4.78 is 7.80. The predicted octanol–water partition coefficient (Wildman–Crippen LogP) is 3.14. The standard InChI is InChI=1S/C17H19BrN6O/c18-10-2-1-3-11-12(10)15-19-6-7-23(15)17-13(20-8-24(11)17)14-21-16(25-22-14)9-4-5-9/h6-12,15,19H,1-5H2. The molecule has 4 aliphatic rings. The highest BCUT2D eigenvalue weighted by molar-refractivity contribution is 9.09. The second-order valence-corrected chi connectivity index (χ2v) is 8.66. The van der Waals surface area contributed by atoms with Crippen LogP contribution in [-0.4, -0.2) is 30.7 Å². The van der Waals surface area contributed by atoms with Gasteiger partial charge in [0.25, 0.3) is 0 Å². The average Bonchev–Trinajstić information content (AvgIpc) is 3.03. The summed E-state index contributed by atoms with van der Waals surface area (Å²) in [5, 5.41) is 7.76. The molecule has 2 aliphatic carbocycles. The summed E-state index contributed by atoms with van der Waals surface area (Å²) in [6.45, 7) is 0. The zero-order valence-electron chi connectivity index (χ0n) is 13.7. The van der Waals surface area contributed by atoms with Gasteiger partial charge < -0.3 is 19.3 Å². The highest BCUT2D eigenvalue weighted by Gasteiger charge is 2.48. The second kappa shape index (κ2) is 5.09. The van der Waals surface area contributed by atoms with Crippen molar-refractivity contribution in [1.29, 1.82) is 0 Å². The van der Waals surface area contributed by atoms with Gasteiger partial charge in [-0.25, -0.2) is 4.98 Å². The van der Waals surface area contributed by atoms with Gasteiger partial charge in [0, 0.05) is 35.1 Å². The van der Waals surface area contributed by atoms with Crippen LogP contribution in [0, 0.1) is 5.92 Å². The van der Waals surface area contributed by atoms with E-state index in [9.17, 15) is 0 Å². The van der Waals surface area contributed by atoms with E-state index in [1.807, 2.05) is 12.5 Å². The number of aromatic nitrogens is 4. The maximum Gasteiger partial charge on any atom is 0.230 e. The van der Waals surface area contributed by atoms with Gasteiger partial charge in [0.2, 0.25) is 11.7 Å². The largest absolute Gasteiger partial charge is 0.369 e. The number of alkyl halides is 1. The van der Waals surface area contributed by atoms with E-state index < -0.39 is 0 Å². The summed E-state index contributed by atoms with van der Waals surface area (Å²) in [7, 11) is 0. The molecule has 4 unspecified atom stereocenters. The van der Waals surface area contributed by atoms with Gasteiger partial charge in [-0.3, -0.25) is 0 Å². The molecule has 0 spiro atoms. The van der Waals surface area contributed by atoms with Crippen LogP contribution >= 0.6 is 15.9 Å². The van der Waals surface area contributed by atoms with E-state index >= 15 is 0 Å². The Balaban J connectivity index is 1.48. The molecule has 6 rings (SSSR count). The Morgan fingerprint density at radius 3 is 3.04 bits per heavy atom. The zero-order chi connectivity index (χ0) is 16.5. The summed E-state index contributed by atoms with van der Waals surface area (Å²) in [5.41, 5.74) is 0.823. The van der Waals surface area contributed by atoms with Crippen molar-refractivity contribution >= 4 is 21.7 Å². The fraction of sp³-hybridized carbons (Fsp3) is 0.588. The molecule has 0 radical (unpaired) electrons. The fourth-order valence-electron chi connectivity index (χ4n) is 4.61. The third kappa shape index (κ3) is 2.00. The van der Waals surface area contributed by atoms with Crippen LogP contribution in [0.2, 0.25) is 0 Å². The van der Waals surface area contributed by atoms with Gasteiger partial charge in [-0.05, 0) is 25.7 Å². The number of hydrogen-bond donors (Lipinski definition) is 1. The molecule has 2 saturated carbocycles. The van der Waals surface area contributed by atoms with E-state index in [-0.39, 0.29) is 6.17 Å². The minimum absolute atomic E-state index is 0.257. The maximum atomic E-state index is 5.47. The van der Waals surface area contributed by atoms with Crippen LogP contribution in [0.3, 0.4) is 0 Å². The molecule has 0 amide bonds. The van der Waals surface area contributed by atoms with Gasteiger partial charge in [-0.1, -0.05) is 27.5 Å². The Bertz CT molecular complexity index is 855. The smallest absolute Gasteiger partial charge is 0.230 e. The zero-order valence-corrected chi connectivity index (χ0v) is 15.3. The minimum atomic E-state index is 0.257. The maximum absolute atomic E-state index is 5.47. The van der Waals surface area contributed by atoms with Crippen molar-refractivity contribution in [2.45, 2.75) is 55.1 Å². The summed E-state index contributed by atoms with van der Waals surface area (Å²) in [4.78, 5) is 12.1. The molecule has 4 heterocycles. The Hall–Kier alpha value is -1.83. The van der Waals surface area contributed by atoms with Gasteiger partial charge >= 0.3 is 0 Å². The van der Waals surface area contributed by atoms with Crippen molar-refractivity contribution in [3.8, 4) is 11.5 Å². The Kier molecular flexibility index (Phi) is 2.92. The van der Waals surface area contributed by atoms with E-state index in [0.29, 0.717) is 28.5 Å². The number of imidazole rings is 1. The molecule has 0 bridgehead atoms.